The second-order valence-corrected chi connectivity index (χ2v) is 6.16. The first-order valence-electron chi connectivity index (χ1n) is 9.28. The molecule has 2 rings (SSSR count). The minimum atomic E-state index is -0.265. The van der Waals surface area contributed by atoms with Crippen LogP contribution in [0.3, 0.4) is 0 Å². The van der Waals surface area contributed by atoms with Crippen molar-refractivity contribution in [1.82, 2.24) is 10.6 Å². The number of nitrogens with one attached hydrogen (secondary N) is 2. The molecule has 154 valence electrons. The van der Waals surface area contributed by atoms with E-state index in [0.29, 0.717) is 19.6 Å². The van der Waals surface area contributed by atoms with Gasteiger partial charge < -0.3 is 24.8 Å². The Kier molecular flexibility index (Phi) is 12.4. The number of halogens is 2. The van der Waals surface area contributed by atoms with E-state index in [9.17, 15) is 4.39 Å². The van der Waals surface area contributed by atoms with Crippen LogP contribution in [0.5, 0.6) is 5.75 Å². The lowest BCUT2D eigenvalue weighted by atomic mass is 10.1. The number of ether oxygens (including phenoxy) is 3. The minimum absolute atomic E-state index is 0. The molecule has 0 aromatic heterocycles. The lowest BCUT2D eigenvalue weighted by Crippen LogP contribution is -2.39. The van der Waals surface area contributed by atoms with Crippen molar-refractivity contribution in [3.05, 3.63) is 29.1 Å². The summed E-state index contributed by atoms with van der Waals surface area (Å²) in [6, 6.07) is 2.99. The van der Waals surface area contributed by atoms with Gasteiger partial charge in [0.25, 0.3) is 0 Å². The number of rotatable bonds is 10. The zero-order chi connectivity index (χ0) is 18.6. The van der Waals surface area contributed by atoms with E-state index in [1.54, 1.807) is 7.05 Å². The molecular weight excluding hydrogens is 464 g/mol. The van der Waals surface area contributed by atoms with Crippen molar-refractivity contribution in [2.45, 2.75) is 39.2 Å². The highest BCUT2D eigenvalue weighted by Crippen LogP contribution is 2.29. The van der Waals surface area contributed by atoms with Crippen LogP contribution in [0.1, 0.15) is 37.3 Å². The van der Waals surface area contributed by atoms with Crippen LogP contribution in [0, 0.1) is 5.82 Å². The van der Waals surface area contributed by atoms with Crippen molar-refractivity contribution in [3.8, 4) is 5.75 Å². The van der Waals surface area contributed by atoms with Gasteiger partial charge in [-0.25, -0.2) is 4.39 Å². The highest BCUT2D eigenvalue weighted by molar-refractivity contribution is 14.0. The molecule has 0 radical (unpaired) electrons. The number of hydrogen-bond acceptors (Lipinski definition) is 4. The van der Waals surface area contributed by atoms with Crippen LogP contribution in [0.15, 0.2) is 17.1 Å². The maximum Gasteiger partial charge on any atom is 0.190 e. The quantitative estimate of drug-likeness (QED) is 0.226. The molecule has 0 aliphatic carbocycles. The molecule has 27 heavy (non-hydrogen) atoms. The third-order valence-electron chi connectivity index (χ3n) is 4.06. The fraction of sp³-hybridized carbons (Fsp3) is 0.632. The van der Waals surface area contributed by atoms with Crippen LogP contribution in [-0.2, 0) is 22.5 Å². The fourth-order valence-corrected chi connectivity index (χ4v) is 2.71. The predicted octanol–water partition coefficient (Wildman–Crippen LogP) is 3.22. The molecule has 1 aliphatic heterocycles. The molecule has 0 bridgehead atoms. The number of nitrogens with zero attached hydrogens (tertiary/aromatic N) is 1. The number of aliphatic imine (C=N–C) groups is 1. The molecule has 0 atom stereocenters. The van der Waals surface area contributed by atoms with Crippen molar-refractivity contribution in [2.24, 2.45) is 4.99 Å². The molecule has 6 nitrogen and oxygen atoms in total. The summed E-state index contributed by atoms with van der Waals surface area (Å²) in [6.45, 7) is 5.75. The Hall–Kier alpha value is -1.13. The standard InChI is InChI=1S/C19H30FN3O3.HI/c1-3-4-9-24-10-5-7-22-19(21-2)23-8-6-15-11-17(20)12-16-13-25-14-26-18(15)16;/h11-12H,3-10,13-14H2,1-2H3,(H2,21,22,23);1H. The van der Waals surface area contributed by atoms with E-state index < -0.39 is 0 Å². The number of benzene rings is 1. The zero-order valence-corrected chi connectivity index (χ0v) is 18.5. The van der Waals surface area contributed by atoms with Gasteiger partial charge >= 0.3 is 0 Å². The molecule has 1 aromatic carbocycles. The van der Waals surface area contributed by atoms with E-state index in [4.69, 9.17) is 14.2 Å². The number of unbranched alkanes of at least 4 members (excludes halogenated alkanes) is 1. The van der Waals surface area contributed by atoms with E-state index in [1.165, 1.54) is 12.1 Å². The molecule has 1 aliphatic rings. The van der Waals surface area contributed by atoms with Crippen molar-refractivity contribution < 1.29 is 18.6 Å². The van der Waals surface area contributed by atoms with E-state index in [0.717, 1.165) is 61.9 Å². The highest BCUT2D eigenvalue weighted by atomic mass is 127. The van der Waals surface area contributed by atoms with Gasteiger partial charge in [0.1, 0.15) is 11.6 Å². The summed E-state index contributed by atoms with van der Waals surface area (Å²) >= 11 is 0. The van der Waals surface area contributed by atoms with Gasteiger partial charge in [0.15, 0.2) is 12.8 Å². The van der Waals surface area contributed by atoms with Crippen LogP contribution in [-0.4, -0.2) is 46.1 Å². The molecule has 0 unspecified atom stereocenters. The van der Waals surface area contributed by atoms with E-state index in [1.807, 2.05) is 0 Å². The Bertz CT molecular complexity index is 588. The third kappa shape index (κ3) is 8.61. The first kappa shape index (κ1) is 23.9. The summed E-state index contributed by atoms with van der Waals surface area (Å²) < 4.78 is 30.0. The molecule has 0 saturated carbocycles. The Morgan fingerprint density at radius 1 is 1.22 bits per heavy atom. The molecule has 8 heteroatoms. The lowest BCUT2D eigenvalue weighted by Gasteiger charge is -2.21. The summed E-state index contributed by atoms with van der Waals surface area (Å²) in [5.41, 5.74) is 1.60. The second-order valence-electron chi connectivity index (χ2n) is 6.16. The second kappa shape index (κ2) is 14.0. The van der Waals surface area contributed by atoms with Gasteiger partial charge in [0, 0.05) is 38.9 Å². The monoisotopic (exact) mass is 495 g/mol. The molecule has 1 aromatic rings. The summed E-state index contributed by atoms with van der Waals surface area (Å²) in [6.07, 6.45) is 3.83. The number of hydrogen-bond donors (Lipinski definition) is 2. The van der Waals surface area contributed by atoms with Gasteiger partial charge in [0.2, 0.25) is 0 Å². The van der Waals surface area contributed by atoms with Crippen molar-refractivity contribution in [1.29, 1.82) is 0 Å². The maximum atomic E-state index is 13.7. The van der Waals surface area contributed by atoms with E-state index in [2.05, 4.69) is 22.5 Å². The van der Waals surface area contributed by atoms with Crippen molar-refractivity contribution in [3.63, 3.8) is 0 Å². The summed E-state index contributed by atoms with van der Waals surface area (Å²) in [5.74, 6) is 1.21. The SMILES string of the molecule is CCCCOCCCNC(=NC)NCCc1cc(F)cc2c1OCOC2.I. The summed E-state index contributed by atoms with van der Waals surface area (Å²) in [4.78, 5) is 4.20. The van der Waals surface area contributed by atoms with Crippen molar-refractivity contribution >= 4 is 29.9 Å². The molecule has 2 N–H and O–H groups in total. The molecule has 0 saturated heterocycles. The largest absolute Gasteiger partial charge is 0.467 e. The smallest absolute Gasteiger partial charge is 0.190 e. The van der Waals surface area contributed by atoms with Gasteiger partial charge in [-0.3, -0.25) is 4.99 Å². The van der Waals surface area contributed by atoms with Crippen LogP contribution < -0.4 is 15.4 Å². The first-order valence-corrected chi connectivity index (χ1v) is 9.28. The normalized spacial score (nSPS) is 13.4. The average Bonchev–Trinajstić information content (AvgIpc) is 2.65. The van der Waals surface area contributed by atoms with Crippen LogP contribution in [0.25, 0.3) is 0 Å². The molecule has 0 amide bonds. The Morgan fingerprint density at radius 3 is 2.78 bits per heavy atom. The average molecular weight is 495 g/mol. The van der Waals surface area contributed by atoms with E-state index >= 15 is 0 Å². The Balaban J connectivity index is 0.00000364. The summed E-state index contributed by atoms with van der Waals surface area (Å²) in [5, 5.41) is 6.50. The van der Waals surface area contributed by atoms with Crippen LogP contribution in [0.2, 0.25) is 0 Å². The molecule has 1 heterocycles. The van der Waals surface area contributed by atoms with Gasteiger partial charge in [-0.2, -0.15) is 0 Å². The van der Waals surface area contributed by atoms with Gasteiger partial charge in [-0.1, -0.05) is 13.3 Å². The van der Waals surface area contributed by atoms with Gasteiger partial charge in [-0.05, 0) is 37.0 Å². The first-order chi connectivity index (χ1) is 12.7. The maximum absolute atomic E-state index is 13.7. The highest BCUT2D eigenvalue weighted by Gasteiger charge is 2.16. The zero-order valence-electron chi connectivity index (χ0n) is 16.2. The Morgan fingerprint density at radius 2 is 2.00 bits per heavy atom. The minimum Gasteiger partial charge on any atom is -0.467 e. The van der Waals surface area contributed by atoms with Crippen molar-refractivity contribution in [2.75, 3.05) is 40.1 Å². The van der Waals surface area contributed by atoms with Gasteiger partial charge in [0.05, 0.1) is 6.61 Å². The van der Waals surface area contributed by atoms with Crippen LogP contribution in [0.4, 0.5) is 4.39 Å². The fourth-order valence-electron chi connectivity index (χ4n) is 2.71. The lowest BCUT2D eigenvalue weighted by molar-refractivity contribution is -0.0172. The third-order valence-corrected chi connectivity index (χ3v) is 4.06. The van der Waals surface area contributed by atoms with Gasteiger partial charge in [-0.15, -0.1) is 24.0 Å². The topological polar surface area (TPSA) is 64.1 Å². The summed E-state index contributed by atoms with van der Waals surface area (Å²) in [7, 11) is 1.73. The Labute approximate surface area is 178 Å². The molecular formula is C19H31FIN3O3. The van der Waals surface area contributed by atoms with Crippen LogP contribution >= 0.6 is 24.0 Å². The molecule has 0 fully saturated rings. The molecule has 0 spiro atoms. The predicted molar refractivity (Wildman–Crippen MR) is 116 cm³/mol. The van der Waals surface area contributed by atoms with E-state index in [-0.39, 0.29) is 36.6 Å². The number of guanidine groups is 1. The number of fused-ring (bicyclic) bond motifs is 1.